The van der Waals surface area contributed by atoms with Gasteiger partial charge in [-0.3, -0.25) is 4.79 Å². The van der Waals surface area contributed by atoms with Gasteiger partial charge in [0.05, 0.1) is 12.5 Å². The Morgan fingerprint density at radius 3 is 2.71 bits per heavy atom. The van der Waals surface area contributed by atoms with E-state index in [-0.39, 0.29) is 11.9 Å². The summed E-state index contributed by atoms with van der Waals surface area (Å²) in [5.74, 6) is -1.04. The van der Waals surface area contributed by atoms with Gasteiger partial charge in [-0.1, -0.05) is 13.8 Å². The summed E-state index contributed by atoms with van der Waals surface area (Å²) in [5, 5.41) is 12.0. The summed E-state index contributed by atoms with van der Waals surface area (Å²) in [6.07, 6.45) is 1.65. The van der Waals surface area contributed by atoms with Gasteiger partial charge in [0.1, 0.15) is 0 Å². The molecule has 5 nitrogen and oxygen atoms in total. The maximum atomic E-state index is 12.2. The Morgan fingerprint density at radius 1 is 1.38 bits per heavy atom. The zero-order valence-electron chi connectivity index (χ0n) is 12.5. The van der Waals surface area contributed by atoms with Crippen LogP contribution >= 0.6 is 11.3 Å². The molecule has 116 valence electrons. The van der Waals surface area contributed by atoms with Crippen molar-refractivity contribution in [3.8, 4) is 0 Å². The number of amides is 2. The van der Waals surface area contributed by atoms with Gasteiger partial charge >= 0.3 is 12.0 Å². The van der Waals surface area contributed by atoms with E-state index in [9.17, 15) is 9.59 Å². The molecule has 0 bridgehead atoms. The molecule has 1 fully saturated rings. The number of nitrogens with zero attached hydrogens (tertiary/aromatic N) is 1. The van der Waals surface area contributed by atoms with Crippen molar-refractivity contribution in [2.24, 2.45) is 11.8 Å². The van der Waals surface area contributed by atoms with Crippen molar-refractivity contribution in [2.75, 3.05) is 13.1 Å². The molecule has 0 spiro atoms. The lowest BCUT2D eigenvalue weighted by Gasteiger charge is -2.34. The topological polar surface area (TPSA) is 69.6 Å². The molecule has 0 aromatic carbocycles. The van der Waals surface area contributed by atoms with Crippen LogP contribution in [0.15, 0.2) is 12.1 Å². The van der Waals surface area contributed by atoms with Crippen LogP contribution in [0.3, 0.4) is 0 Å². The molecule has 2 atom stereocenters. The summed E-state index contributed by atoms with van der Waals surface area (Å²) in [6.45, 7) is 5.53. The number of rotatable bonds is 4. The number of carbonyl (C=O) groups excluding carboxylic acids is 1. The van der Waals surface area contributed by atoms with Gasteiger partial charge in [-0.25, -0.2) is 4.79 Å². The Labute approximate surface area is 129 Å². The molecule has 0 saturated carbocycles. The highest BCUT2D eigenvalue weighted by atomic mass is 32.1. The molecule has 21 heavy (non-hydrogen) atoms. The maximum absolute atomic E-state index is 12.2. The number of hydrogen-bond donors (Lipinski definition) is 2. The monoisotopic (exact) mass is 310 g/mol. The second-order valence-electron chi connectivity index (χ2n) is 5.66. The Bertz CT molecular complexity index is 515. The molecule has 1 saturated heterocycles. The van der Waals surface area contributed by atoms with Gasteiger partial charge in [0, 0.05) is 22.8 Å². The molecule has 2 N–H and O–H groups in total. The highest BCUT2D eigenvalue weighted by Crippen LogP contribution is 2.22. The van der Waals surface area contributed by atoms with Crippen molar-refractivity contribution >= 4 is 23.3 Å². The average molecular weight is 310 g/mol. The number of carboxylic acids is 1. The summed E-state index contributed by atoms with van der Waals surface area (Å²) in [6, 6.07) is 3.94. The molecule has 1 aromatic rings. The molecule has 2 heterocycles. The van der Waals surface area contributed by atoms with E-state index in [0.717, 1.165) is 11.3 Å². The van der Waals surface area contributed by atoms with Gasteiger partial charge in [-0.05, 0) is 30.9 Å². The number of urea groups is 1. The second kappa shape index (κ2) is 6.93. The first-order chi connectivity index (χ1) is 9.99. The fourth-order valence-corrected chi connectivity index (χ4v) is 3.58. The van der Waals surface area contributed by atoms with Crippen LogP contribution in [-0.2, 0) is 17.8 Å². The third kappa shape index (κ3) is 4.20. The third-order valence-electron chi connectivity index (χ3n) is 3.78. The molecule has 1 aromatic heterocycles. The number of piperidine rings is 1. The van der Waals surface area contributed by atoms with Gasteiger partial charge in [-0.15, -0.1) is 11.3 Å². The van der Waals surface area contributed by atoms with Crippen molar-refractivity contribution < 1.29 is 14.7 Å². The van der Waals surface area contributed by atoms with Gasteiger partial charge in [0.2, 0.25) is 0 Å². The number of carbonyl (C=O) groups is 2. The van der Waals surface area contributed by atoms with Crippen LogP contribution in [0.5, 0.6) is 0 Å². The average Bonchev–Trinajstić information content (AvgIpc) is 2.92. The van der Waals surface area contributed by atoms with Crippen molar-refractivity contribution in [1.82, 2.24) is 10.2 Å². The lowest BCUT2D eigenvalue weighted by Crippen LogP contribution is -2.49. The Morgan fingerprint density at radius 2 is 2.10 bits per heavy atom. The van der Waals surface area contributed by atoms with E-state index >= 15 is 0 Å². The molecule has 2 amide bonds. The molecule has 2 unspecified atom stereocenters. The second-order valence-corrected chi connectivity index (χ2v) is 6.91. The van der Waals surface area contributed by atoms with Gasteiger partial charge in [0.15, 0.2) is 0 Å². The normalized spacial score (nSPS) is 22.1. The first kappa shape index (κ1) is 15.8. The third-order valence-corrected chi connectivity index (χ3v) is 5.01. The van der Waals surface area contributed by atoms with Gasteiger partial charge in [-0.2, -0.15) is 0 Å². The van der Waals surface area contributed by atoms with E-state index < -0.39 is 11.9 Å². The smallest absolute Gasteiger partial charge is 0.317 e. The number of aliphatic carboxylic acids is 1. The largest absolute Gasteiger partial charge is 0.481 e. The van der Waals surface area contributed by atoms with Crippen LogP contribution < -0.4 is 5.32 Å². The number of likely N-dealkylation sites (tertiary alicyclic amines) is 1. The van der Waals surface area contributed by atoms with Crippen LogP contribution in [0.25, 0.3) is 0 Å². The number of aryl methyl sites for hydroxylation is 1. The zero-order valence-corrected chi connectivity index (χ0v) is 13.3. The molecule has 1 aliphatic rings. The van der Waals surface area contributed by atoms with E-state index in [4.69, 9.17) is 5.11 Å². The Hall–Kier alpha value is -1.56. The SMILES string of the molecule is CCc1ccc(CNC(=O)N2CC(C)CC(C(=O)O)C2)s1. The fourth-order valence-electron chi connectivity index (χ4n) is 2.68. The first-order valence-corrected chi connectivity index (χ1v) is 8.14. The first-order valence-electron chi connectivity index (χ1n) is 7.32. The van der Waals surface area contributed by atoms with Crippen molar-refractivity contribution in [3.05, 3.63) is 21.9 Å². The van der Waals surface area contributed by atoms with Gasteiger partial charge in [0.25, 0.3) is 0 Å². The molecule has 2 rings (SSSR count). The van der Waals surface area contributed by atoms with Crippen LogP contribution in [0.2, 0.25) is 0 Å². The molecule has 1 aliphatic heterocycles. The van der Waals surface area contributed by atoms with Crippen molar-refractivity contribution in [3.63, 3.8) is 0 Å². The van der Waals surface area contributed by atoms with E-state index in [1.807, 2.05) is 13.0 Å². The predicted octanol–water partition coefficient (Wildman–Crippen LogP) is 2.56. The van der Waals surface area contributed by atoms with Crippen LogP contribution in [-0.4, -0.2) is 35.1 Å². The lowest BCUT2D eigenvalue weighted by molar-refractivity contribution is -0.143. The van der Waals surface area contributed by atoms with E-state index in [0.29, 0.717) is 26.1 Å². The highest BCUT2D eigenvalue weighted by Gasteiger charge is 2.31. The molecule has 0 aliphatic carbocycles. The van der Waals surface area contributed by atoms with E-state index in [1.165, 1.54) is 4.88 Å². The standard InChI is InChI=1S/C15H22N2O3S/c1-3-12-4-5-13(21-12)7-16-15(20)17-8-10(2)6-11(9-17)14(18)19/h4-5,10-11H,3,6-9H2,1-2H3,(H,16,20)(H,18,19). The minimum atomic E-state index is -0.815. The summed E-state index contributed by atoms with van der Waals surface area (Å²) in [4.78, 5) is 27.4. The predicted molar refractivity (Wildman–Crippen MR) is 82.4 cm³/mol. The summed E-state index contributed by atoms with van der Waals surface area (Å²) >= 11 is 1.70. The van der Waals surface area contributed by atoms with Crippen LogP contribution in [0.1, 0.15) is 30.0 Å². The van der Waals surface area contributed by atoms with Crippen LogP contribution in [0, 0.1) is 11.8 Å². The summed E-state index contributed by atoms with van der Waals surface area (Å²) < 4.78 is 0. The number of carboxylic acid groups (broad SMARTS) is 1. The zero-order chi connectivity index (χ0) is 15.4. The maximum Gasteiger partial charge on any atom is 0.317 e. The van der Waals surface area contributed by atoms with E-state index in [1.54, 1.807) is 16.2 Å². The summed E-state index contributed by atoms with van der Waals surface area (Å²) in [7, 11) is 0. The van der Waals surface area contributed by atoms with Crippen LogP contribution in [0.4, 0.5) is 4.79 Å². The quantitative estimate of drug-likeness (QED) is 0.898. The minimum absolute atomic E-state index is 0.167. The van der Waals surface area contributed by atoms with Crippen molar-refractivity contribution in [1.29, 1.82) is 0 Å². The van der Waals surface area contributed by atoms with Gasteiger partial charge < -0.3 is 15.3 Å². The number of thiophene rings is 1. The minimum Gasteiger partial charge on any atom is -0.481 e. The number of hydrogen-bond acceptors (Lipinski definition) is 3. The van der Waals surface area contributed by atoms with Crippen molar-refractivity contribution in [2.45, 2.75) is 33.2 Å². The molecular weight excluding hydrogens is 288 g/mol. The fraction of sp³-hybridized carbons (Fsp3) is 0.600. The summed E-state index contributed by atoms with van der Waals surface area (Å²) in [5.41, 5.74) is 0. The highest BCUT2D eigenvalue weighted by molar-refractivity contribution is 7.11. The van der Waals surface area contributed by atoms with E-state index in [2.05, 4.69) is 18.3 Å². The number of nitrogens with one attached hydrogen (secondary N) is 1. The molecule has 0 radical (unpaired) electrons. The Kier molecular flexibility index (Phi) is 5.22. The Balaban J connectivity index is 1.88. The lowest BCUT2D eigenvalue weighted by atomic mass is 9.91. The molecule has 6 heteroatoms. The molecular formula is C15H22N2O3S.